The van der Waals surface area contributed by atoms with Gasteiger partial charge in [0.1, 0.15) is 17.4 Å². The molecule has 0 saturated heterocycles. The van der Waals surface area contributed by atoms with Gasteiger partial charge in [-0.1, -0.05) is 24.3 Å². The van der Waals surface area contributed by atoms with Crippen molar-refractivity contribution in [2.45, 2.75) is 19.0 Å². The van der Waals surface area contributed by atoms with Crippen LogP contribution < -0.4 is 4.74 Å². The number of H-pyrrole nitrogens is 1. The Labute approximate surface area is 201 Å². The van der Waals surface area contributed by atoms with Crippen LogP contribution in [-0.4, -0.2) is 49.7 Å². The highest BCUT2D eigenvalue weighted by atomic mass is 32.1. The van der Waals surface area contributed by atoms with Gasteiger partial charge in [-0.2, -0.15) is 31.4 Å². The number of aromatic nitrogens is 3. The van der Waals surface area contributed by atoms with Crippen LogP contribution in [0.25, 0.3) is 21.3 Å². The van der Waals surface area contributed by atoms with Gasteiger partial charge in [0.2, 0.25) is 0 Å². The number of hydrogen-bond acceptors (Lipinski definition) is 6. The fourth-order valence-electron chi connectivity index (χ4n) is 2.28. The zero-order valence-corrected chi connectivity index (χ0v) is 18.5. The van der Waals surface area contributed by atoms with Crippen molar-refractivity contribution in [2.24, 2.45) is 0 Å². The fourth-order valence-corrected chi connectivity index (χ4v) is 3.20. The number of fused-ring (bicyclic) bond motifs is 1. The van der Waals surface area contributed by atoms with E-state index in [4.69, 9.17) is 24.5 Å². The Kier molecular flexibility index (Phi) is 9.38. The van der Waals surface area contributed by atoms with Crippen molar-refractivity contribution in [1.82, 2.24) is 15.2 Å². The Morgan fingerprint density at radius 1 is 0.917 bits per heavy atom. The maximum atomic E-state index is 10.6. The zero-order chi connectivity index (χ0) is 26.9. The van der Waals surface area contributed by atoms with Gasteiger partial charge in [-0.05, 0) is 29.8 Å². The number of nitrogens with zero attached hydrogens (tertiary/aromatic N) is 2. The van der Waals surface area contributed by atoms with Gasteiger partial charge in [0.25, 0.3) is 0 Å². The molecule has 0 saturated carbocycles. The van der Waals surface area contributed by atoms with Crippen LogP contribution in [-0.2, 0) is 16.2 Å². The summed E-state index contributed by atoms with van der Waals surface area (Å²) in [6, 6.07) is 16.0. The van der Waals surface area contributed by atoms with Crippen molar-refractivity contribution in [3.05, 3.63) is 65.9 Å². The van der Waals surface area contributed by atoms with Gasteiger partial charge in [-0.3, -0.25) is 5.10 Å². The predicted octanol–water partition coefficient (Wildman–Crippen LogP) is 5.53. The molecule has 0 aliphatic rings. The molecule has 0 unspecified atom stereocenters. The number of carbonyl (C=O) groups is 2. The summed E-state index contributed by atoms with van der Waals surface area (Å²) in [4.78, 5) is 22.4. The Morgan fingerprint density at radius 2 is 1.50 bits per heavy atom. The molecular formula is C21H15F6N3O5S. The Bertz CT molecular complexity index is 1250. The van der Waals surface area contributed by atoms with Crippen molar-refractivity contribution in [3.63, 3.8) is 0 Å². The molecule has 192 valence electrons. The number of aliphatic carboxylic acids is 2. The smallest absolute Gasteiger partial charge is 0.486 e. The van der Waals surface area contributed by atoms with E-state index in [-0.39, 0.29) is 0 Å². The van der Waals surface area contributed by atoms with E-state index in [1.165, 1.54) is 0 Å². The zero-order valence-electron chi connectivity index (χ0n) is 17.7. The molecular weight excluding hydrogens is 520 g/mol. The lowest BCUT2D eigenvalue weighted by molar-refractivity contribution is -0.193. The number of carboxylic acid groups (broad SMARTS) is 2. The topological polar surface area (TPSA) is 125 Å². The molecule has 0 aliphatic carbocycles. The van der Waals surface area contributed by atoms with E-state index in [0.717, 1.165) is 32.1 Å². The molecule has 3 N–H and O–H groups in total. The molecule has 0 radical (unpaired) electrons. The minimum Gasteiger partial charge on any atom is -0.486 e. The van der Waals surface area contributed by atoms with Gasteiger partial charge < -0.3 is 14.9 Å². The van der Waals surface area contributed by atoms with E-state index in [1.54, 1.807) is 11.3 Å². The molecule has 0 amide bonds. The number of thiazole rings is 1. The quantitative estimate of drug-likeness (QED) is 0.293. The third-order valence-electron chi connectivity index (χ3n) is 3.85. The maximum absolute atomic E-state index is 10.6. The Balaban J connectivity index is 0.000000271. The summed E-state index contributed by atoms with van der Waals surface area (Å²) in [7, 11) is 0. The van der Waals surface area contributed by atoms with Gasteiger partial charge in [-0.25, -0.2) is 14.6 Å². The van der Waals surface area contributed by atoms with Crippen molar-refractivity contribution < 1.29 is 50.9 Å². The molecule has 36 heavy (non-hydrogen) atoms. The minimum absolute atomic E-state index is 0.490. The summed E-state index contributed by atoms with van der Waals surface area (Å²) >= 11 is 1.66. The summed E-state index contributed by atoms with van der Waals surface area (Å²) in [6.07, 6.45) is -6.46. The van der Waals surface area contributed by atoms with E-state index in [2.05, 4.69) is 27.3 Å². The highest BCUT2D eigenvalue weighted by Gasteiger charge is 2.38. The van der Waals surface area contributed by atoms with Gasteiger partial charge in [0, 0.05) is 11.8 Å². The van der Waals surface area contributed by atoms with Crippen molar-refractivity contribution in [3.8, 4) is 16.9 Å². The molecule has 4 rings (SSSR count). The lowest BCUT2D eigenvalue weighted by Gasteiger charge is -2.02. The average molecular weight is 535 g/mol. The van der Waals surface area contributed by atoms with Crippen LogP contribution in [0.15, 0.2) is 60.9 Å². The molecule has 0 bridgehead atoms. The number of halogens is 6. The van der Waals surface area contributed by atoms with E-state index in [1.807, 2.05) is 48.8 Å². The van der Waals surface area contributed by atoms with Crippen molar-refractivity contribution >= 4 is 33.5 Å². The molecule has 2 heterocycles. The number of carboxylic acids is 2. The van der Waals surface area contributed by atoms with Crippen molar-refractivity contribution in [1.29, 1.82) is 0 Å². The standard InChI is InChI=1S/C17H13N3OS.2C2HF3O2/c1-2-4-14(5-3-1)21-11-17-20-15-7-6-12(8-16(15)22-17)13-9-18-19-10-13;2*3-2(4,5)1(6)7/h1-10H,11H2,(H,18,19);2*(H,6,7). The van der Waals surface area contributed by atoms with Crippen LogP contribution in [0.2, 0.25) is 0 Å². The first-order valence-corrected chi connectivity index (χ1v) is 10.3. The van der Waals surface area contributed by atoms with E-state index in [9.17, 15) is 26.3 Å². The first kappa shape index (κ1) is 28.1. The Morgan fingerprint density at radius 3 is 2.00 bits per heavy atom. The highest BCUT2D eigenvalue weighted by molar-refractivity contribution is 7.18. The first-order chi connectivity index (χ1) is 16.8. The number of alkyl halides is 6. The molecule has 4 aromatic rings. The third-order valence-corrected chi connectivity index (χ3v) is 4.85. The number of rotatable bonds is 4. The summed E-state index contributed by atoms with van der Waals surface area (Å²) in [5.41, 5.74) is 3.22. The number of para-hydroxylation sites is 1. The fraction of sp³-hybridized carbons (Fsp3) is 0.143. The molecule has 0 spiro atoms. The number of ether oxygens (including phenoxy) is 1. The number of hydrogen-bond donors (Lipinski definition) is 3. The van der Waals surface area contributed by atoms with E-state index in [0.29, 0.717) is 6.61 Å². The Hall–Kier alpha value is -4.14. The van der Waals surface area contributed by atoms with Crippen LogP contribution in [0, 0.1) is 0 Å². The summed E-state index contributed by atoms with van der Waals surface area (Å²) in [5.74, 6) is -4.65. The number of nitrogens with one attached hydrogen (secondary N) is 1. The SMILES string of the molecule is O=C(O)C(F)(F)F.O=C(O)C(F)(F)F.c1ccc(OCc2nc3ccc(-c4cn[nH]c4)cc3s2)cc1. The van der Waals surface area contributed by atoms with Gasteiger partial charge in [0.05, 0.1) is 16.4 Å². The molecule has 15 heteroatoms. The van der Waals surface area contributed by atoms with Crippen LogP contribution in [0.4, 0.5) is 26.3 Å². The summed E-state index contributed by atoms with van der Waals surface area (Å²) in [6.45, 7) is 0.490. The number of aromatic amines is 1. The largest absolute Gasteiger partial charge is 0.490 e. The average Bonchev–Trinajstić information content (AvgIpc) is 3.47. The molecule has 2 aromatic carbocycles. The second-order valence-corrected chi connectivity index (χ2v) is 7.60. The second kappa shape index (κ2) is 12.0. The van der Waals surface area contributed by atoms with E-state index < -0.39 is 24.3 Å². The normalized spacial score (nSPS) is 11.1. The first-order valence-electron chi connectivity index (χ1n) is 9.44. The summed E-state index contributed by atoms with van der Waals surface area (Å²) in [5, 5.41) is 22.1. The molecule has 2 aromatic heterocycles. The second-order valence-electron chi connectivity index (χ2n) is 6.48. The molecule has 0 aliphatic heterocycles. The lowest BCUT2D eigenvalue weighted by atomic mass is 10.1. The van der Waals surface area contributed by atoms with Crippen molar-refractivity contribution in [2.75, 3.05) is 0 Å². The van der Waals surface area contributed by atoms with Gasteiger partial charge in [0.15, 0.2) is 0 Å². The number of benzene rings is 2. The highest BCUT2D eigenvalue weighted by Crippen LogP contribution is 2.28. The van der Waals surface area contributed by atoms with Crippen LogP contribution in [0.5, 0.6) is 5.75 Å². The van der Waals surface area contributed by atoms with Crippen LogP contribution >= 0.6 is 11.3 Å². The molecule has 8 nitrogen and oxygen atoms in total. The van der Waals surface area contributed by atoms with Gasteiger partial charge in [-0.15, -0.1) is 11.3 Å². The predicted molar refractivity (Wildman–Crippen MR) is 115 cm³/mol. The molecule has 0 atom stereocenters. The van der Waals surface area contributed by atoms with Gasteiger partial charge >= 0.3 is 24.3 Å². The third kappa shape index (κ3) is 8.90. The summed E-state index contributed by atoms with van der Waals surface area (Å²) < 4.78 is 70.4. The van der Waals surface area contributed by atoms with E-state index >= 15 is 0 Å². The monoisotopic (exact) mass is 535 g/mol. The lowest BCUT2D eigenvalue weighted by Crippen LogP contribution is -2.21. The van der Waals surface area contributed by atoms with Crippen LogP contribution in [0.3, 0.4) is 0 Å². The maximum Gasteiger partial charge on any atom is 0.490 e. The minimum atomic E-state index is -5.08. The van der Waals surface area contributed by atoms with Crippen LogP contribution in [0.1, 0.15) is 5.01 Å². The molecule has 0 fully saturated rings.